The monoisotopic (exact) mass is 630 g/mol. The molecule has 2 aliphatic heterocycles. The highest BCUT2D eigenvalue weighted by Gasteiger charge is 2.62. The lowest BCUT2D eigenvalue weighted by Gasteiger charge is -2.40. The summed E-state index contributed by atoms with van der Waals surface area (Å²) >= 11 is 12.2. The minimum absolute atomic E-state index is 0.00746. The number of methoxy groups -OCH3 is 1. The number of rotatable bonds is 7. The molecular weight excluding hydrogens is 596 g/mol. The zero-order valence-corrected chi connectivity index (χ0v) is 25.3. The first kappa shape index (κ1) is 32.2. The summed E-state index contributed by atoms with van der Waals surface area (Å²) in [6.45, 7) is 1.79. The van der Waals surface area contributed by atoms with Crippen LogP contribution in [-0.4, -0.2) is 85.3 Å². The third kappa shape index (κ3) is 6.73. The molecule has 0 saturated carbocycles. The van der Waals surface area contributed by atoms with Crippen LogP contribution in [0.1, 0.15) is 48.0 Å². The first-order valence-corrected chi connectivity index (χ1v) is 14.6. The van der Waals surface area contributed by atoms with Crippen molar-refractivity contribution in [2.75, 3.05) is 52.3 Å². The predicted molar refractivity (Wildman–Crippen MR) is 154 cm³/mol. The van der Waals surface area contributed by atoms with E-state index < -0.39 is 23.2 Å². The largest absolute Gasteiger partial charge is 0.497 e. The van der Waals surface area contributed by atoms with Crippen molar-refractivity contribution in [2.24, 2.45) is 11.8 Å². The van der Waals surface area contributed by atoms with Crippen LogP contribution in [0.5, 0.6) is 5.75 Å². The molecule has 2 amide bonds. The van der Waals surface area contributed by atoms with Crippen LogP contribution in [0.2, 0.25) is 10.2 Å². The zero-order valence-electron chi connectivity index (χ0n) is 23.8. The number of amides is 2. The Morgan fingerprint density at radius 3 is 2.14 bits per heavy atom. The Morgan fingerprint density at radius 1 is 1.02 bits per heavy atom. The van der Waals surface area contributed by atoms with Crippen LogP contribution in [0.25, 0.3) is 0 Å². The van der Waals surface area contributed by atoms with Crippen molar-refractivity contribution in [1.29, 1.82) is 0 Å². The molecule has 1 aromatic heterocycles. The number of carbonyl (C=O) groups excluding carboxylic acids is 2. The molecule has 1 atom stereocenters. The SMILES string of the molecule is COc1cc(Cl)cc([C@@](O)(C(=O)N2CCC(CC3CCN(c4ccc(C(=O)N(C)C)c(Cl)n4)CC3)CC2)C(F)(F)F)c1. The second-order valence-electron chi connectivity index (χ2n) is 11.2. The fourth-order valence-electron chi connectivity index (χ4n) is 5.77. The van der Waals surface area contributed by atoms with Crippen molar-refractivity contribution in [3.8, 4) is 5.75 Å². The number of piperidine rings is 2. The van der Waals surface area contributed by atoms with E-state index in [4.69, 9.17) is 27.9 Å². The van der Waals surface area contributed by atoms with Gasteiger partial charge >= 0.3 is 6.18 Å². The number of benzene rings is 1. The van der Waals surface area contributed by atoms with Gasteiger partial charge in [-0.1, -0.05) is 23.2 Å². The van der Waals surface area contributed by atoms with Crippen LogP contribution in [0, 0.1) is 11.8 Å². The maximum Gasteiger partial charge on any atom is 0.430 e. The molecule has 0 radical (unpaired) electrons. The molecule has 13 heteroatoms. The van der Waals surface area contributed by atoms with Gasteiger partial charge in [0.2, 0.25) is 0 Å². The molecule has 2 aliphatic rings. The summed E-state index contributed by atoms with van der Waals surface area (Å²) < 4.78 is 47.6. The number of halogens is 5. The van der Waals surface area contributed by atoms with Crippen LogP contribution in [0.4, 0.5) is 19.0 Å². The Balaban J connectivity index is 1.33. The minimum Gasteiger partial charge on any atom is -0.497 e. The molecule has 0 spiro atoms. The lowest BCUT2D eigenvalue weighted by Crippen LogP contribution is -2.57. The van der Waals surface area contributed by atoms with Crippen molar-refractivity contribution in [2.45, 2.75) is 43.9 Å². The van der Waals surface area contributed by atoms with E-state index in [9.17, 15) is 27.9 Å². The molecule has 3 heterocycles. The zero-order chi connectivity index (χ0) is 30.8. The highest BCUT2D eigenvalue weighted by molar-refractivity contribution is 6.32. The number of anilines is 1. The van der Waals surface area contributed by atoms with Crippen molar-refractivity contribution in [3.63, 3.8) is 0 Å². The summed E-state index contributed by atoms with van der Waals surface area (Å²) in [7, 11) is 4.57. The summed E-state index contributed by atoms with van der Waals surface area (Å²) in [6, 6.07) is 6.72. The van der Waals surface area contributed by atoms with Crippen molar-refractivity contribution < 1.29 is 32.6 Å². The van der Waals surface area contributed by atoms with Gasteiger partial charge in [0.1, 0.15) is 16.7 Å². The highest BCUT2D eigenvalue weighted by atomic mass is 35.5. The van der Waals surface area contributed by atoms with E-state index in [0.717, 1.165) is 55.2 Å². The quantitative estimate of drug-likeness (QED) is 0.413. The van der Waals surface area contributed by atoms with Gasteiger partial charge in [0.05, 0.1) is 12.7 Å². The molecule has 230 valence electrons. The van der Waals surface area contributed by atoms with Gasteiger partial charge in [-0.25, -0.2) is 4.98 Å². The molecule has 0 bridgehead atoms. The number of aliphatic hydroxyl groups is 1. The number of hydrogen-bond donors (Lipinski definition) is 1. The number of alkyl halides is 3. The van der Waals surface area contributed by atoms with Gasteiger partial charge in [0, 0.05) is 50.9 Å². The molecule has 8 nitrogen and oxygen atoms in total. The standard InChI is InChI=1S/C29H35Cl2F3N4O4/c1-36(2)26(39)23-4-5-24(35-25(23)31)37-10-6-18(7-11-37)14-19-8-12-38(13-9-19)27(40)28(41,29(32,33)34)20-15-21(30)17-22(16-20)42-3/h4-5,15-19,41H,6-14H2,1-3H3/t28-/m1/s1. The topological polar surface area (TPSA) is 86.2 Å². The smallest absolute Gasteiger partial charge is 0.430 e. The molecule has 2 fully saturated rings. The second-order valence-corrected chi connectivity index (χ2v) is 12.0. The van der Waals surface area contributed by atoms with Gasteiger partial charge in [-0.3, -0.25) is 9.59 Å². The summed E-state index contributed by atoms with van der Waals surface area (Å²) in [5, 5.41) is 10.9. The van der Waals surface area contributed by atoms with Crippen LogP contribution in [-0.2, 0) is 10.4 Å². The summed E-state index contributed by atoms with van der Waals surface area (Å²) in [6.07, 6.45) is -1.40. The van der Waals surface area contributed by atoms with Crippen LogP contribution >= 0.6 is 23.2 Å². The third-order valence-electron chi connectivity index (χ3n) is 8.22. The molecule has 4 rings (SSSR count). The van der Waals surface area contributed by atoms with E-state index in [-0.39, 0.29) is 40.8 Å². The molecular formula is C29H35Cl2F3N4O4. The first-order valence-electron chi connectivity index (χ1n) is 13.8. The van der Waals surface area contributed by atoms with Crippen LogP contribution < -0.4 is 9.64 Å². The van der Waals surface area contributed by atoms with Gasteiger partial charge < -0.3 is 24.5 Å². The van der Waals surface area contributed by atoms with Crippen LogP contribution in [0.3, 0.4) is 0 Å². The van der Waals surface area contributed by atoms with E-state index in [1.165, 1.54) is 18.1 Å². The Labute approximate surface area is 253 Å². The Morgan fingerprint density at radius 2 is 1.62 bits per heavy atom. The molecule has 1 N–H and O–H groups in total. The Kier molecular flexibility index (Phi) is 9.84. The maximum atomic E-state index is 14.2. The van der Waals surface area contributed by atoms with Gasteiger partial charge in [-0.2, -0.15) is 13.2 Å². The minimum atomic E-state index is -5.26. The van der Waals surface area contributed by atoms with Gasteiger partial charge in [-0.05, 0) is 74.3 Å². The number of likely N-dealkylation sites (tertiary alicyclic amines) is 1. The fourth-order valence-corrected chi connectivity index (χ4v) is 6.22. The number of ether oxygens (including phenoxy) is 1. The number of nitrogens with zero attached hydrogens (tertiary/aromatic N) is 4. The summed E-state index contributed by atoms with van der Waals surface area (Å²) in [5.41, 5.74) is -4.06. The third-order valence-corrected chi connectivity index (χ3v) is 8.73. The first-order chi connectivity index (χ1) is 19.7. The van der Waals surface area contributed by atoms with Crippen molar-refractivity contribution in [1.82, 2.24) is 14.8 Å². The van der Waals surface area contributed by atoms with Crippen LogP contribution in [0.15, 0.2) is 30.3 Å². The number of pyridine rings is 1. The molecule has 0 aliphatic carbocycles. The number of hydrogen-bond acceptors (Lipinski definition) is 6. The number of carbonyl (C=O) groups is 2. The molecule has 0 unspecified atom stereocenters. The van der Waals surface area contributed by atoms with Gasteiger partial charge in [0.25, 0.3) is 17.4 Å². The summed E-state index contributed by atoms with van der Waals surface area (Å²) in [4.78, 5) is 34.5. The van der Waals surface area contributed by atoms with E-state index in [2.05, 4.69) is 9.88 Å². The molecule has 2 saturated heterocycles. The van der Waals surface area contributed by atoms with E-state index in [1.54, 1.807) is 26.2 Å². The lowest BCUT2D eigenvalue weighted by molar-refractivity contribution is -0.262. The van der Waals surface area contributed by atoms with E-state index in [0.29, 0.717) is 24.3 Å². The highest BCUT2D eigenvalue weighted by Crippen LogP contribution is 2.43. The Bertz CT molecular complexity index is 1300. The Hall–Kier alpha value is -2.76. The average Bonchev–Trinajstić information content (AvgIpc) is 2.95. The lowest BCUT2D eigenvalue weighted by atomic mass is 9.82. The van der Waals surface area contributed by atoms with E-state index in [1.807, 2.05) is 0 Å². The fraction of sp³-hybridized carbons (Fsp3) is 0.552. The van der Waals surface area contributed by atoms with Gasteiger partial charge in [0.15, 0.2) is 0 Å². The van der Waals surface area contributed by atoms with Crippen molar-refractivity contribution in [3.05, 3.63) is 51.6 Å². The molecule has 42 heavy (non-hydrogen) atoms. The predicted octanol–water partition coefficient (Wildman–Crippen LogP) is 5.39. The van der Waals surface area contributed by atoms with Crippen molar-refractivity contribution >= 4 is 40.8 Å². The maximum absolute atomic E-state index is 14.2. The number of aromatic nitrogens is 1. The van der Waals surface area contributed by atoms with E-state index >= 15 is 0 Å². The average molecular weight is 632 g/mol. The second kappa shape index (κ2) is 12.9. The molecule has 1 aromatic carbocycles. The molecule has 2 aromatic rings. The summed E-state index contributed by atoms with van der Waals surface area (Å²) in [5.74, 6) is -0.193. The van der Waals surface area contributed by atoms with Gasteiger partial charge in [-0.15, -0.1) is 0 Å². The normalized spacial score (nSPS) is 18.5.